The zero-order valence-corrected chi connectivity index (χ0v) is 18.1. The number of nitrogens with zero attached hydrogens (tertiary/aromatic N) is 2. The van der Waals surface area contributed by atoms with Crippen molar-refractivity contribution in [3.63, 3.8) is 0 Å². The second-order valence-corrected chi connectivity index (χ2v) is 7.20. The van der Waals surface area contributed by atoms with Gasteiger partial charge in [-0.15, -0.1) is 0 Å². The Bertz CT molecular complexity index is 998. The second kappa shape index (κ2) is 9.54. The zero-order chi connectivity index (χ0) is 19.6. The Morgan fingerprint density at radius 1 is 1.39 bits per heavy atom. The highest BCUT2D eigenvalue weighted by Gasteiger charge is 2.23. The summed E-state index contributed by atoms with van der Waals surface area (Å²) in [7, 11) is 1.72. The number of aryl methyl sites for hydroxylation is 1. The van der Waals surface area contributed by atoms with Crippen LogP contribution < -0.4 is 10.6 Å². The van der Waals surface area contributed by atoms with Gasteiger partial charge in [0, 0.05) is 28.7 Å². The molecule has 10 heteroatoms. The summed E-state index contributed by atoms with van der Waals surface area (Å²) in [5.41, 5.74) is 1.06. The number of fused-ring (bicyclic) bond motifs is 1. The van der Waals surface area contributed by atoms with Gasteiger partial charge in [-0.25, -0.2) is 9.37 Å². The third-order valence-electron chi connectivity index (χ3n) is 4.07. The Labute approximate surface area is 181 Å². The fourth-order valence-electron chi connectivity index (χ4n) is 2.72. The average Bonchev–Trinajstić information content (AvgIpc) is 2.94. The number of aromatic nitrogens is 2. The Kier molecular flexibility index (Phi) is 7.63. The number of anilines is 2. The number of aliphatic hydroxyl groups is 2. The van der Waals surface area contributed by atoms with Gasteiger partial charge in [-0.2, -0.15) is 13.5 Å². The number of amides is 1. The van der Waals surface area contributed by atoms with Crippen molar-refractivity contribution in [2.45, 2.75) is 6.10 Å². The first-order chi connectivity index (χ1) is 12.9. The smallest absolute Gasteiger partial charge is 0.255 e. The SMILES string of the molecule is Cn1c(Nc2ccc(I)cc2F)c(C(=O)NC[C@H](O)CO)c2cccnc21.S. The van der Waals surface area contributed by atoms with E-state index < -0.39 is 24.4 Å². The van der Waals surface area contributed by atoms with Gasteiger partial charge in [0.2, 0.25) is 0 Å². The molecule has 28 heavy (non-hydrogen) atoms. The van der Waals surface area contributed by atoms with Gasteiger partial charge in [-0.05, 0) is 52.9 Å². The number of aliphatic hydroxyl groups excluding tert-OH is 2. The van der Waals surface area contributed by atoms with Crippen molar-refractivity contribution in [2.75, 3.05) is 18.5 Å². The molecule has 0 spiro atoms. The molecule has 2 aromatic heterocycles. The predicted octanol–water partition coefficient (Wildman–Crippen LogP) is 2.26. The first kappa shape index (κ1) is 22.4. The fourth-order valence-corrected chi connectivity index (χ4v) is 3.17. The first-order valence-corrected chi connectivity index (χ1v) is 9.22. The quantitative estimate of drug-likeness (QED) is 0.376. The normalized spacial score (nSPS) is 11.8. The van der Waals surface area contributed by atoms with E-state index in [1.165, 1.54) is 6.07 Å². The molecule has 0 aliphatic carbocycles. The summed E-state index contributed by atoms with van der Waals surface area (Å²) in [6.45, 7) is -0.570. The van der Waals surface area contributed by atoms with Gasteiger partial charge in [0.15, 0.2) is 0 Å². The minimum atomic E-state index is -1.06. The standard InChI is InChI=1S/C18H18FIN4O3.H2S/c1-24-16-12(3-2-6-21-16)15(18(27)22-8-11(26)9-25)17(24)23-14-5-4-10(20)7-13(14)19;/h2-7,11,23,25-26H,8-9H2,1H3,(H,22,27);1H2/t11-;/m0./s1. The maximum Gasteiger partial charge on any atom is 0.255 e. The molecule has 0 radical (unpaired) electrons. The monoisotopic (exact) mass is 518 g/mol. The van der Waals surface area contributed by atoms with Crippen molar-refractivity contribution in [3.8, 4) is 0 Å². The number of carbonyl (C=O) groups is 1. The number of nitrogens with one attached hydrogen (secondary N) is 2. The third-order valence-corrected chi connectivity index (χ3v) is 4.74. The lowest BCUT2D eigenvalue weighted by Crippen LogP contribution is -2.34. The lowest BCUT2D eigenvalue weighted by atomic mass is 10.2. The summed E-state index contributed by atoms with van der Waals surface area (Å²) in [6, 6.07) is 8.19. The molecule has 0 aliphatic rings. The van der Waals surface area contributed by atoms with Crippen LogP contribution in [0.3, 0.4) is 0 Å². The van der Waals surface area contributed by atoms with E-state index >= 15 is 0 Å². The minimum absolute atomic E-state index is 0. The Hall–Kier alpha value is -1.89. The van der Waals surface area contributed by atoms with Crippen LogP contribution in [0.25, 0.3) is 11.0 Å². The molecule has 1 atom stereocenters. The Balaban J connectivity index is 0.00000280. The molecule has 3 rings (SSSR count). The maximum absolute atomic E-state index is 14.3. The summed E-state index contributed by atoms with van der Waals surface area (Å²) < 4.78 is 16.7. The number of halogens is 2. The van der Waals surface area contributed by atoms with Crippen LogP contribution in [0.4, 0.5) is 15.9 Å². The van der Waals surface area contributed by atoms with Crippen LogP contribution in [0, 0.1) is 9.39 Å². The molecule has 7 nitrogen and oxygen atoms in total. The van der Waals surface area contributed by atoms with Crippen molar-refractivity contribution in [1.29, 1.82) is 0 Å². The van der Waals surface area contributed by atoms with E-state index in [4.69, 9.17) is 5.11 Å². The molecule has 0 fully saturated rings. The van der Waals surface area contributed by atoms with Crippen LogP contribution in [-0.4, -0.2) is 44.9 Å². The van der Waals surface area contributed by atoms with E-state index in [0.717, 1.165) is 3.57 Å². The Morgan fingerprint density at radius 3 is 2.82 bits per heavy atom. The first-order valence-electron chi connectivity index (χ1n) is 8.15. The van der Waals surface area contributed by atoms with Crippen molar-refractivity contribution < 1.29 is 19.4 Å². The predicted molar refractivity (Wildman–Crippen MR) is 119 cm³/mol. The molecule has 2 heterocycles. The molecule has 0 saturated heterocycles. The molecule has 1 aromatic carbocycles. The summed E-state index contributed by atoms with van der Waals surface area (Å²) in [4.78, 5) is 17.1. The second-order valence-electron chi connectivity index (χ2n) is 5.95. The zero-order valence-electron chi connectivity index (χ0n) is 14.9. The number of benzene rings is 1. The van der Waals surface area contributed by atoms with Crippen molar-refractivity contribution in [1.82, 2.24) is 14.9 Å². The number of rotatable bonds is 6. The molecule has 1 amide bonds. The summed E-state index contributed by atoms with van der Waals surface area (Å²) in [5, 5.41) is 24.6. The topological polar surface area (TPSA) is 99.4 Å². The largest absolute Gasteiger partial charge is 0.394 e. The van der Waals surface area contributed by atoms with Crippen LogP contribution in [-0.2, 0) is 7.05 Å². The van der Waals surface area contributed by atoms with E-state index in [9.17, 15) is 14.3 Å². The van der Waals surface area contributed by atoms with E-state index in [1.54, 1.807) is 42.1 Å². The fraction of sp³-hybridized carbons (Fsp3) is 0.222. The molecule has 150 valence electrons. The molecule has 0 bridgehead atoms. The highest BCUT2D eigenvalue weighted by atomic mass is 127. The van der Waals surface area contributed by atoms with Crippen LogP contribution in [0.2, 0.25) is 0 Å². The maximum atomic E-state index is 14.3. The van der Waals surface area contributed by atoms with E-state index in [0.29, 0.717) is 16.9 Å². The third kappa shape index (κ3) is 4.57. The number of hydrogen-bond donors (Lipinski definition) is 4. The van der Waals surface area contributed by atoms with E-state index in [2.05, 4.69) is 15.6 Å². The number of hydrogen-bond acceptors (Lipinski definition) is 5. The average molecular weight is 518 g/mol. The van der Waals surface area contributed by atoms with Crippen LogP contribution in [0.15, 0.2) is 36.5 Å². The van der Waals surface area contributed by atoms with Crippen molar-refractivity contribution in [2.24, 2.45) is 7.05 Å². The van der Waals surface area contributed by atoms with Gasteiger partial charge in [-0.3, -0.25) is 4.79 Å². The molecule has 0 aliphatic heterocycles. The highest BCUT2D eigenvalue weighted by molar-refractivity contribution is 14.1. The van der Waals surface area contributed by atoms with Crippen molar-refractivity contribution in [3.05, 3.63) is 51.5 Å². The minimum Gasteiger partial charge on any atom is -0.394 e. The van der Waals surface area contributed by atoms with Gasteiger partial charge in [0.1, 0.15) is 17.3 Å². The van der Waals surface area contributed by atoms with Crippen LogP contribution in [0.1, 0.15) is 10.4 Å². The van der Waals surface area contributed by atoms with Crippen molar-refractivity contribution >= 4 is 64.5 Å². The van der Waals surface area contributed by atoms with Gasteiger partial charge >= 0.3 is 0 Å². The summed E-state index contributed by atoms with van der Waals surface area (Å²) in [5.74, 6) is -0.531. The van der Waals surface area contributed by atoms with Crippen LogP contribution >= 0.6 is 36.1 Å². The summed E-state index contributed by atoms with van der Waals surface area (Å²) in [6.07, 6.45) is 0.543. The van der Waals surface area contributed by atoms with Crippen LogP contribution in [0.5, 0.6) is 0 Å². The summed E-state index contributed by atoms with van der Waals surface area (Å²) >= 11 is 2.02. The van der Waals surface area contributed by atoms with Gasteiger partial charge in [0.25, 0.3) is 5.91 Å². The van der Waals surface area contributed by atoms with Gasteiger partial charge in [-0.1, -0.05) is 0 Å². The number of carbonyl (C=O) groups excluding carboxylic acids is 1. The highest BCUT2D eigenvalue weighted by Crippen LogP contribution is 2.31. The lowest BCUT2D eigenvalue weighted by Gasteiger charge is -2.13. The van der Waals surface area contributed by atoms with E-state index in [-0.39, 0.29) is 31.3 Å². The van der Waals surface area contributed by atoms with E-state index in [1.807, 2.05) is 22.6 Å². The number of pyridine rings is 1. The molecule has 0 unspecified atom stereocenters. The Morgan fingerprint density at radius 2 is 2.14 bits per heavy atom. The molecule has 3 aromatic rings. The molecular weight excluding hydrogens is 498 g/mol. The lowest BCUT2D eigenvalue weighted by molar-refractivity contribution is 0.0803. The van der Waals surface area contributed by atoms with Gasteiger partial charge < -0.3 is 25.4 Å². The molecule has 4 N–H and O–H groups in total. The molecule has 0 saturated carbocycles. The van der Waals surface area contributed by atoms with Gasteiger partial charge in [0.05, 0.1) is 24.0 Å². The molecular formula is C18H20FIN4O3S.